The highest BCUT2D eigenvalue weighted by atomic mass is 32.2. The molecule has 1 aromatic carbocycles. The molecule has 41 heavy (non-hydrogen) atoms. The van der Waals surface area contributed by atoms with E-state index in [1.165, 1.54) is 36.4 Å². The first-order chi connectivity index (χ1) is 19.3. The third-order valence-electron chi connectivity index (χ3n) is 7.46. The first-order valence-corrected chi connectivity index (χ1v) is 15.3. The largest absolute Gasteiger partial charge is 0.493 e. The summed E-state index contributed by atoms with van der Waals surface area (Å²) in [6.45, 7) is 11.5. The number of amides is 1. The monoisotopic (exact) mass is 583 g/mol. The number of nitrogen functional groups attached to an aromatic ring is 1. The maximum Gasteiger partial charge on any atom is 0.281 e. The first-order valence-electron chi connectivity index (χ1n) is 13.8. The topological polar surface area (TPSA) is 128 Å². The molecule has 3 heterocycles. The van der Waals surface area contributed by atoms with E-state index in [4.69, 9.17) is 15.5 Å². The normalized spacial score (nSPS) is 15.8. The number of carbonyl (C=O) groups is 1. The van der Waals surface area contributed by atoms with E-state index in [0.717, 1.165) is 19.3 Å². The molecule has 1 atom stereocenters. The van der Waals surface area contributed by atoms with Crippen molar-refractivity contribution in [2.24, 2.45) is 11.3 Å². The van der Waals surface area contributed by atoms with Crippen LogP contribution in [-0.4, -0.2) is 43.5 Å². The van der Waals surface area contributed by atoms with Crippen LogP contribution in [0, 0.1) is 17.2 Å². The number of anilines is 2. The van der Waals surface area contributed by atoms with Crippen LogP contribution in [0.5, 0.6) is 5.75 Å². The Morgan fingerprint density at radius 1 is 1.20 bits per heavy atom. The number of carbonyl (C=O) groups excluding carboxylic acids is 1. The number of ether oxygens (including phenoxy) is 1. The second kappa shape index (κ2) is 12.0. The fourth-order valence-corrected chi connectivity index (χ4v) is 5.88. The minimum Gasteiger partial charge on any atom is -0.493 e. The Hall–Kier alpha value is -3.73. The van der Waals surface area contributed by atoms with Crippen molar-refractivity contribution >= 4 is 27.6 Å². The smallest absolute Gasteiger partial charge is 0.281 e. The number of halogens is 1. The van der Waals surface area contributed by atoms with Crippen LogP contribution in [0.25, 0.3) is 11.3 Å². The Bertz CT molecular complexity index is 1530. The molecule has 0 bridgehead atoms. The number of benzene rings is 1. The lowest BCUT2D eigenvalue weighted by Gasteiger charge is -2.38. The maximum absolute atomic E-state index is 14.6. The van der Waals surface area contributed by atoms with Crippen molar-refractivity contribution in [1.29, 1.82) is 0 Å². The van der Waals surface area contributed by atoms with Gasteiger partial charge in [-0.2, -0.15) is 8.42 Å². The van der Waals surface area contributed by atoms with E-state index in [2.05, 4.69) is 35.4 Å². The van der Waals surface area contributed by atoms with E-state index in [-0.39, 0.29) is 33.8 Å². The van der Waals surface area contributed by atoms with Gasteiger partial charge in [-0.25, -0.2) is 19.1 Å². The summed E-state index contributed by atoms with van der Waals surface area (Å²) in [5.74, 6) is -0.321. The van der Waals surface area contributed by atoms with Crippen molar-refractivity contribution in [3.63, 3.8) is 0 Å². The highest BCUT2D eigenvalue weighted by Crippen LogP contribution is 2.40. The highest BCUT2D eigenvalue weighted by Gasteiger charge is 2.39. The van der Waals surface area contributed by atoms with Gasteiger partial charge in [0.2, 0.25) is 0 Å². The van der Waals surface area contributed by atoms with Gasteiger partial charge in [0.1, 0.15) is 23.2 Å². The van der Waals surface area contributed by atoms with Crippen LogP contribution in [0.1, 0.15) is 64.2 Å². The lowest BCUT2D eigenvalue weighted by atomic mass is 9.80. The molecular formula is C30H38FN5O4S. The molecule has 1 fully saturated rings. The standard InChI is InChI=1S/C30H38FN5O4S/c1-6-30(4,5)25-9-8-14-36(25)28-23(29(37)35-41(38,39)27-11-7-10-26(32)34-27)12-13-24(33-28)20-15-21(31)17-22(16-20)40-18-19(2)3/h7,10-13,15-17,19,25H,6,8-9,14,18H2,1-5H3,(H2,32,34)(H,35,37). The number of pyridine rings is 2. The number of aromatic nitrogens is 2. The van der Waals surface area contributed by atoms with E-state index in [0.29, 0.717) is 36.0 Å². The predicted molar refractivity (Wildman–Crippen MR) is 158 cm³/mol. The summed E-state index contributed by atoms with van der Waals surface area (Å²) in [5, 5.41) is -0.364. The van der Waals surface area contributed by atoms with Gasteiger partial charge in [-0.1, -0.05) is 40.7 Å². The molecule has 9 nitrogen and oxygen atoms in total. The maximum atomic E-state index is 14.6. The molecule has 0 spiro atoms. The van der Waals surface area contributed by atoms with Gasteiger partial charge in [-0.05, 0) is 67.0 Å². The molecule has 3 N–H and O–H groups in total. The third kappa shape index (κ3) is 6.95. The Balaban J connectivity index is 1.78. The van der Waals surface area contributed by atoms with Gasteiger partial charge in [0.05, 0.1) is 17.9 Å². The van der Waals surface area contributed by atoms with Crippen molar-refractivity contribution in [1.82, 2.24) is 14.7 Å². The summed E-state index contributed by atoms with van der Waals surface area (Å²) >= 11 is 0. The average Bonchev–Trinajstić information content (AvgIpc) is 3.42. The van der Waals surface area contributed by atoms with Crippen molar-refractivity contribution in [3.8, 4) is 17.0 Å². The zero-order valence-corrected chi connectivity index (χ0v) is 25.0. The summed E-state index contributed by atoms with van der Waals surface area (Å²) in [4.78, 5) is 24.3. The Kier molecular flexibility index (Phi) is 8.86. The molecule has 1 unspecified atom stereocenters. The van der Waals surface area contributed by atoms with Gasteiger partial charge < -0.3 is 15.4 Å². The van der Waals surface area contributed by atoms with Crippen LogP contribution in [-0.2, 0) is 10.0 Å². The van der Waals surface area contributed by atoms with Crippen LogP contribution in [0.4, 0.5) is 16.0 Å². The lowest BCUT2D eigenvalue weighted by molar-refractivity contribution is 0.0981. The van der Waals surface area contributed by atoms with Gasteiger partial charge in [-0.3, -0.25) is 4.79 Å². The highest BCUT2D eigenvalue weighted by molar-refractivity contribution is 7.90. The van der Waals surface area contributed by atoms with E-state index < -0.39 is 21.7 Å². The third-order valence-corrected chi connectivity index (χ3v) is 8.69. The molecule has 1 saturated heterocycles. The van der Waals surface area contributed by atoms with E-state index in [9.17, 15) is 17.6 Å². The quantitative estimate of drug-likeness (QED) is 0.324. The van der Waals surface area contributed by atoms with E-state index >= 15 is 0 Å². The molecule has 1 aliphatic heterocycles. The molecule has 1 aliphatic rings. The predicted octanol–water partition coefficient (Wildman–Crippen LogP) is 5.42. The van der Waals surface area contributed by atoms with E-state index in [1.807, 2.05) is 13.8 Å². The number of nitrogens with one attached hydrogen (secondary N) is 1. The Labute approximate surface area is 241 Å². The molecule has 2 aromatic heterocycles. The summed E-state index contributed by atoms with van der Waals surface area (Å²) in [5.41, 5.74) is 6.57. The Morgan fingerprint density at radius 2 is 1.95 bits per heavy atom. The molecule has 0 radical (unpaired) electrons. The summed E-state index contributed by atoms with van der Waals surface area (Å²) in [7, 11) is -4.31. The molecular weight excluding hydrogens is 545 g/mol. The minimum absolute atomic E-state index is 0.0144. The summed E-state index contributed by atoms with van der Waals surface area (Å²) in [6, 6.07) is 11.7. The van der Waals surface area contributed by atoms with Crippen LogP contribution in [0.3, 0.4) is 0 Å². The molecule has 11 heteroatoms. The Morgan fingerprint density at radius 3 is 2.63 bits per heavy atom. The van der Waals surface area contributed by atoms with Gasteiger partial charge in [0, 0.05) is 24.2 Å². The van der Waals surface area contributed by atoms with Crippen molar-refractivity contribution in [2.45, 2.75) is 64.9 Å². The number of hydrogen-bond donors (Lipinski definition) is 2. The van der Waals surface area contributed by atoms with Crippen LogP contribution in [0.15, 0.2) is 53.6 Å². The first kappa shape index (κ1) is 30.2. The second-order valence-corrected chi connectivity index (χ2v) is 13.1. The molecule has 0 saturated carbocycles. The second-order valence-electron chi connectivity index (χ2n) is 11.5. The number of rotatable bonds is 10. The minimum atomic E-state index is -4.31. The summed E-state index contributed by atoms with van der Waals surface area (Å²) in [6.07, 6.45) is 2.68. The molecule has 3 aromatic rings. The average molecular weight is 584 g/mol. The fourth-order valence-electron chi connectivity index (χ4n) is 4.94. The number of hydrogen-bond acceptors (Lipinski definition) is 8. The molecule has 4 rings (SSSR count). The van der Waals surface area contributed by atoms with Crippen molar-refractivity contribution < 1.29 is 22.3 Å². The van der Waals surface area contributed by atoms with E-state index in [1.54, 1.807) is 12.1 Å². The molecule has 220 valence electrons. The van der Waals surface area contributed by atoms with Gasteiger partial charge >= 0.3 is 0 Å². The summed E-state index contributed by atoms with van der Waals surface area (Å²) < 4.78 is 48.5. The van der Waals surface area contributed by atoms with Crippen molar-refractivity contribution in [3.05, 3.63) is 59.9 Å². The van der Waals surface area contributed by atoms with Crippen molar-refractivity contribution in [2.75, 3.05) is 23.8 Å². The molecule has 1 amide bonds. The fraction of sp³-hybridized carbons (Fsp3) is 0.433. The van der Waals surface area contributed by atoms with Crippen LogP contribution >= 0.6 is 0 Å². The van der Waals surface area contributed by atoms with Crippen LogP contribution in [0.2, 0.25) is 0 Å². The number of nitrogens with two attached hydrogens (primary N) is 1. The van der Waals surface area contributed by atoms with Gasteiger partial charge in [-0.15, -0.1) is 0 Å². The SMILES string of the molecule is CCC(C)(C)C1CCCN1c1nc(-c2cc(F)cc(OCC(C)C)c2)ccc1C(=O)NS(=O)(=O)c1cccc(N)n1. The molecule has 0 aliphatic carbocycles. The number of nitrogens with zero attached hydrogens (tertiary/aromatic N) is 3. The zero-order chi connectivity index (χ0) is 29.9. The zero-order valence-electron chi connectivity index (χ0n) is 24.1. The number of sulfonamides is 1. The lowest BCUT2D eigenvalue weighted by Crippen LogP contribution is -2.42. The van der Waals surface area contributed by atoms with Crippen LogP contribution < -0.4 is 20.1 Å². The van der Waals surface area contributed by atoms with Gasteiger partial charge in [0.25, 0.3) is 15.9 Å². The van der Waals surface area contributed by atoms with Gasteiger partial charge in [0.15, 0.2) is 5.03 Å².